The van der Waals surface area contributed by atoms with Crippen molar-refractivity contribution in [3.63, 3.8) is 0 Å². The van der Waals surface area contributed by atoms with Crippen LogP contribution in [0.1, 0.15) is 39.1 Å². The summed E-state index contributed by atoms with van der Waals surface area (Å²) in [5.41, 5.74) is 0.450. The third-order valence-electron chi connectivity index (χ3n) is 3.84. The number of aryl methyl sites for hydroxylation is 1. The highest BCUT2D eigenvalue weighted by Gasteiger charge is 2.32. The summed E-state index contributed by atoms with van der Waals surface area (Å²) in [6.07, 6.45) is 1.90. The Labute approximate surface area is 159 Å². The standard InChI is InChI=1S/C15H18N4O4S3/c1-8-13(25-15(16-8)19-26(2,22)23)14(21)17-9-5-6-11(20)18-12(9)10-4-3-7-24-10/h3-4,7,9,12H,5-6H2,1-2H3,(H,16,19)(H,17,21)(H,18,20)/t9-,12-/m1/s1. The van der Waals surface area contributed by atoms with Gasteiger partial charge in [-0.1, -0.05) is 17.4 Å². The van der Waals surface area contributed by atoms with Gasteiger partial charge in [0.15, 0.2) is 5.13 Å². The monoisotopic (exact) mass is 414 g/mol. The molecule has 140 valence electrons. The van der Waals surface area contributed by atoms with Gasteiger partial charge in [0.05, 0.1) is 24.0 Å². The molecule has 3 rings (SSSR count). The first-order chi connectivity index (χ1) is 12.2. The third-order valence-corrected chi connectivity index (χ3v) is 6.56. The number of anilines is 1. The Morgan fingerprint density at radius 3 is 2.85 bits per heavy atom. The number of carbonyl (C=O) groups is 2. The minimum atomic E-state index is -3.46. The molecule has 11 heteroatoms. The average molecular weight is 415 g/mol. The number of hydrogen-bond donors (Lipinski definition) is 3. The Morgan fingerprint density at radius 1 is 1.42 bits per heavy atom. The van der Waals surface area contributed by atoms with Crippen molar-refractivity contribution in [2.24, 2.45) is 0 Å². The fourth-order valence-corrected chi connectivity index (χ4v) is 5.28. The van der Waals surface area contributed by atoms with E-state index in [0.717, 1.165) is 22.5 Å². The minimum absolute atomic E-state index is 0.0393. The van der Waals surface area contributed by atoms with Crippen LogP contribution in [0.2, 0.25) is 0 Å². The lowest BCUT2D eigenvalue weighted by Gasteiger charge is -2.32. The number of rotatable bonds is 5. The van der Waals surface area contributed by atoms with Crippen molar-refractivity contribution in [1.82, 2.24) is 15.6 Å². The smallest absolute Gasteiger partial charge is 0.263 e. The van der Waals surface area contributed by atoms with E-state index in [-0.39, 0.29) is 29.0 Å². The molecule has 2 amide bonds. The second-order valence-electron chi connectivity index (χ2n) is 5.99. The number of thiophene rings is 1. The predicted molar refractivity (Wildman–Crippen MR) is 101 cm³/mol. The molecule has 8 nitrogen and oxygen atoms in total. The van der Waals surface area contributed by atoms with Crippen LogP contribution >= 0.6 is 22.7 Å². The largest absolute Gasteiger partial charge is 0.346 e. The Hall–Kier alpha value is -1.98. The Morgan fingerprint density at radius 2 is 2.19 bits per heavy atom. The van der Waals surface area contributed by atoms with E-state index in [2.05, 4.69) is 20.3 Å². The predicted octanol–water partition coefficient (Wildman–Crippen LogP) is 1.63. The Bertz CT molecular complexity index is 921. The summed E-state index contributed by atoms with van der Waals surface area (Å²) in [7, 11) is -3.46. The molecule has 2 aromatic heterocycles. The van der Waals surface area contributed by atoms with Gasteiger partial charge in [-0.15, -0.1) is 11.3 Å². The maximum absolute atomic E-state index is 12.7. The lowest BCUT2D eigenvalue weighted by molar-refractivity contribution is -0.123. The number of thiazole rings is 1. The number of hydrogen-bond acceptors (Lipinski definition) is 7. The molecule has 2 atom stereocenters. The van der Waals surface area contributed by atoms with Crippen molar-refractivity contribution in [2.45, 2.75) is 31.8 Å². The molecular formula is C15H18N4O4S3. The molecule has 0 radical (unpaired) electrons. The average Bonchev–Trinajstić information content (AvgIpc) is 3.17. The zero-order valence-corrected chi connectivity index (χ0v) is 16.6. The zero-order chi connectivity index (χ0) is 18.9. The molecule has 0 spiro atoms. The summed E-state index contributed by atoms with van der Waals surface area (Å²) in [6, 6.07) is 3.30. The van der Waals surface area contributed by atoms with Crippen LogP contribution in [-0.2, 0) is 14.8 Å². The summed E-state index contributed by atoms with van der Waals surface area (Å²) in [5, 5.41) is 7.96. The first-order valence-corrected chi connectivity index (χ1v) is 11.4. The Balaban J connectivity index is 1.77. The van der Waals surface area contributed by atoms with Gasteiger partial charge in [-0.2, -0.15) is 0 Å². The van der Waals surface area contributed by atoms with Crippen molar-refractivity contribution in [3.05, 3.63) is 33.0 Å². The number of piperidine rings is 1. The van der Waals surface area contributed by atoms with Gasteiger partial charge in [-0.25, -0.2) is 13.4 Å². The van der Waals surface area contributed by atoms with E-state index in [1.165, 1.54) is 11.3 Å². The molecule has 0 bridgehead atoms. The van der Waals surface area contributed by atoms with Crippen LogP contribution in [0.25, 0.3) is 0 Å². The SMILES string of the molecule is Cc1nc(NS(C)(=O)=O)sc1C(=O)N[C@@H]1CCC(=O)N[C@H]1c1cccs1. The van der Waals surface area contributed by atoms with Crippen molar-refractivity contribution in [2.75, 3.05) is 11.0 Å². The molecule has 3 heterocycles. The van der Waals surface area contributed by atoms with Gasteiger partial charge in [-0.05, 0) is 24.8 Å². The van der Waals surface area contributed by atoms with E-state index in [4.69, 9.17) is 0 Å². The quantitative estimate of drug-likeness (QED) is 0.687. The van der Waals surface area contributed by atoms with Crippen LogP contribution in [0.5, 0.6) is 0 Å². The molecule has 3 N–H and O–H groups in total. The zero-order valence-electron chi connectivity index (χ0n) is 14.1. The molecule has 1 aliphatic rings. The summed E-state index contributed by atoms with van der Waals surface area (Å²) in [5.74, 6) is -0.369. The summed E-state index contributed by atoms with van der Waals surface area (Å²) in [4.78, 5) is 29.9. The van der Waals surface area contributed by atoms with Crippen molar-refractivity contribution >= 4 is 49.6 Å². The number of aromatic nitrogens is 1. The fraction of sp³-hybridized carbons (Fsp3) is 0.400. The van der Waals surface area contributed by atoms with Crippen LogP contribution in [0.3, 0.4) is 0 Å². The van der Waals surface area contributed by atoms with E-state index >= 15 is 0 Å². The molecule has 26 heavy (non-hydrogen) atoms. The van der Waals surface area contributed by atoms with Gasteiger partial charge in [0.1, 0.15) is 4.88 Å². The third kappa shape index (κ3) is 4.40. The van der Waals surface area contributed by atoms with Crippen molar-refractivity contribution < 1.29 is 18.0 Å². The molecule has 0 saturated carbocycles. The maximum Gasteiger partial charge on any atom is 0.263 e. The maximum atomic E-state index is 12.7. The van der Waals surface area contributed by atoms with E-state index in [1.807, 2.05) is 17.5 Å². The Kier molecular flexibility index (Phi) is 5.30. The molecule has 2 aromatic rings. The second-order valence-corrected chi connectivity index (χ2v) is 9.71. The van der Waals surface area contributed by atoms with Gasteiger partial charge in [0.25, 0.3) is 5.91 Å². The van der Waals surface area contributed by atoms with Crippen LogP contribution in [0.4, 0.5) is 5.13 Å². The topological polar surface area (TPSA) is 117 Å². The van der Waals surface area contributed by atoms with Crippen LogP contribution in [-0.4, -0.2) is 37.5 Å². The van der Waals surface area contributed by atoms with Gasteiger partial charge in [0, 0.05) is 11.3 Å². The van der Waals surface area contributed by atoms with Crippen molar-refractivity contribution in [1.29, 1.82) is 0 Å². The molecule has 0 aromatic carbocycles. The normalized spacial score (nSPS) is 20.5. The van der Waals surface area contributed by atoms with Crippen LogP contribution < -0.4 is 15.4 Å². The van der Waals surface area contributed by atoms with Gasteiger partial charge >= 0.3 is 0 Å². The molecule has 1 fully saturated rings. The van der Waals surface area contributed by atoms with Crippen molar-refractivity contribution in [3.8, 4) is 0 Å². The lowest BCUT2D eigenvalue weighted by Crippen LogP contribution is -2.49. The van der Waals surface area contributed by atoms with E-state index < -0.39 is 10.0 Å². The lowest BCUT2D eigenvalue weighted by atomic mass is 9.96. The van der Waals surface area contributed by atoms with E-state index in [1.54, 1.807) is 6.92 Å². The molecular weight excluding hydrogens is 396 g/mol. The molecule has 1 saturated heterocycles. The number of amides is 2. The van der Waals surface area contributed by atoms with Gasteiger partial charge in [-0.3, -0.25) is 14.3 Å². The highest BCUT2D eigenvalue weighted by Crippen LogP contribution is 2.29. The second kappa shape index (κ2) is 7.33. The summed E-state index contributed by atoms with van der Waals surface area (Å²) < 4.78 is 24.9. The first-order valence-electron chi connectivity index (χ1n) is 7.82. The van der Waals surface area contributed by atoms with Gasteiger partial charge in [0.2, 0.25) is 15.9 Å². The van der Waals surface area contributed by atoms with E-state index in [9.17, 15) is 18.0 Å². The number of carbonyl (C=O) groups excluding carboxylic acids is 2. The van der Waals surface area contributed by atoms with Gasteiger partial charge < -0.3 is 10.6 Å². The molecule has 0 unspecified atom stereocenters. The number of nitrogens with one attached hydrogen (secondary N) is 3. The van der Waals surface area contributed by atoms with Crippen LogP contribution in [0, 0.1) is 6.92 Å². The highest BCUT2D eigenvalue weighted by molar-refractivity contribution is 7.92. The molecule has 1 aliphatic heterocycles. The number of sulfonamides is 1. The summed E-state index contributed by atoms with van der Waals surface area (Å²) >= 11 is 2.50. The molecule has 0 aliphatic carbocycles. The minimum Gasteiger partial charge on any atom is -0.346 e. The fourth-order valence-electron chi connectivity index (χ4n) is 2.74. The number of nitrogens with zero attached hydrogens (tertiary/aromatic N) is 1. The summed E-state index contributed by atoms with van der Waals surface area (Å²) in [6.45, 7) is 1.65. The van der Waals surface area contributed by atoms with Crippen LogP contribution in [0.15, 0.2) is 17.5 Å². The first kappa shape index (κ1) is 18.8. The van der Waals surface area contributed by atoms with E-state index in [0.29, 0.717) is 23.4 Å². The highest BCUT2D eigenvalue weighted by atomic mass is 32.2.